The molecule has 1 aromatic carbocycles. The summed E-state index contributed by atoms with van der Waals surface area (Å²) in [7, 11) is 0. The predicted molar refractivity (Wildman–Crippen MR) is 62.7 cm³/mol. The van der Waals surface area contributed by atoms with Gasteiger partial charge in [0.1, 0.15) is 6.17 Å². The molecular formula is C14H20F. The van der Waals surface area contributed by atoms with Crippen molar-refractivity contribution in [3.63, 3.8) is 0 Å². The summed E-state index contributed by atoms with van der Waals surface area (Å²) in [6, 6.07) is 10.9. The fraction of sp³-hybridized carbons (Fsp3) is 0.571. The third kappa shape index (κ3) is 3.65. The molecule has 1 radical (unpaired) electrons. The highest BCUT2D eigenvalue weighted by atomic mass is 19.1. The fourth-order valence-corrected chi connectivity index (χ4v) is 1.96. The van der Waals surface area contributed by atoms with Crippen LogP contribution in [0.25, 0.3) is 0 Å². The maximum absolute atomic E-state index is 13.9. The van der Waals surface area contributed by atoms with Gasteiger partial charge >= 0.3 is 0 Å². The SMILES string of the molecule is CCCC(F)C(CCC)c1[c]cccc1. The highest BCUT2D eigenvalue weighted by molar-refractivity contribution is 5.19. The molecule has 0 saturated carbocycles. The minimum atomic E-state index is -0.714. The van der Waals surface area contributed by atoms with Gasteiger partial charge in [0.25, 0.3) is 0 Å². The van der Waals surface area contributed by atoms with Gasteiger partial charge in [0, 0.05) is 5.92 Å². The van der Waals surface area contributed by atoms with Crippen molar-refractivity contribution < 1.29 is 4.39 Å². The average molecular weight is 207 g/mol. The van der Waals surface area contributed by atoms with Crippen LogP contribution in [-0.2, 0) is 0 Å². The topological polar surface area (TPSA) is 0 Å². The third-order valence-electron chi connectivity index (χ3n) is 2.73. The van der Waals surface area contributed by atoms with E-state index in [-0.39, 0.29) is 5.92 Å². The zero-order valence-electron chi connectivity index (χ0n) is 9.67. The molecule has 2 atom stereocenters. The Labute approximate surface area is 92.5 Å². The Hall–Kier alpha value is -0.850. The molecule has 0 aliphatic rings. The van der Waals surface area contributed by atoms with Crippen LogP contribution < -0.4 is 0 Å². The molecule has 0 saturated heterocycles. The Kier molecular flexibility index (Phi) is 5.38. The van der Waals surface area contributed by atoms with E-state index in [9.17, 15) is 4.39 Å². The summed E-state index contributed by atoms with van der Waals surface area (Å²) >= 11 is 0. The van der Waals surface area contributed by atoms with Crippen LogP contribution in [0.1, 0.15) is 51.0 Å². The Morgan fingerprint density at radius 3 is 2.47 bits per heavy atom. The van der Waals surface area contributed by atoms with E-state index in [1.807, 2.05) is 31.2 Å². The van der Waals surface area contributed by atoms with Gasteiger partial charge in [-0.2, -0.15) is 0 Å². The highest BCUT2D eigenvalue weighted by Gasteiger charge is 2.20. The van der Waals surface area contributed by atoms with Crippen LogP contribution >= 0.6 is 0 Å². The first kappa shape index (κ1) is 12.2. The van der Waals surface area contributed by atoms with Crippen LogP contribution in [-0.4, -0.2) is 6.17 Å². The second kappa shape index (κ2) is 6.60. The lowest BCUT2D eigenvalue weighted by Gasteiger charge is -2.20. The molecule has 0 amide bonds. The van der Waals surface area contributed by atoms with Crippen molar-refractivity contribution in [1.82, 2.24) is 0 Å². The Bertz CT molecular complexity index is 255. The van der Waals surface area contributed by atoms with Crippen LogP contribution in [0.3, 0.4) is 0 Å². The molecule has 0 aliphatic heterocycles. The molecule has 0 spiro atoms. The molecular weight excluding hydrogens is 187 g/mol. The molecule has 15 heavy (non-hydrogen) atoms. The monoisotopic (exact) mass is 207 g/mol. The maximum Gasteiger partial charge on any atom is 0.107 e. The molecule has 0 N–H and O–H groups in total. The zero-order chi connectivity index (χ0) is 11.1. The van der Waals surface area contributed by atoms with Crippen molar-refractivity contribution in [2.45, 2.75) is 51.6 Å². The standard InChI is InChI=1S/C14H20F/c1-3-8-13(14(15)9-4-2)12-10-6-5-7-11-12/h5-7,10,13-14H,3-4,8-9H2,1-2H3. The first-order valence-corrected chi connectivity index (χ1v) is 5.90. The van der Waals surface area contributed by atoms with Gasteiger partial charge in [0.2, 0.25) is 0 Å². The maximum atomic E-state index is 13.9. The fourth-order valence-electron chi connectivity index (χ4n) is 1.96. The molecule has 0 aliphatic carbocycles. The first-order valence-electron chi connectivity index (χ1n) is 5.90. The number of halogens is 1. The summed E-state index contributed by atoms with van der Waals surface area (Å²) in [5, 5.41) is 0. The average Bonchev–Trinajstić information content (AvgIpc) is 2.27. The second-order valence-corrected chi connectivity index (χ2v) is 4.02. The summed E-state index contributed by atoms with van der Waals surface area (Å²) in [4.78, 5) is 0. The van der Waals surface area contributed by atoms with E-state index in [1.165, 1.54) is 0 Å². The molecule has 0 fully saturated rings. The van der Waals surface area contributed by atoms with Crippen molar-refractivity contribution in [1.29, 1.82) is 0 Å². The zero-order valence-corrected chi connectivity index (χ0v) is 9.67. The van der Waals surface area contributed by atoms with E-state index in [0.717, 1.165) is 24.8 Å². The number of benzene rings is 1. The Balaban J connectivity index is 2.73. The third-order valence-corrected chi connectivity index (χ3v) is 2.73. The smallest absolute Gasteiger partial charge is 0.107 e. The van der Waals surface area contributed by atoms with Crippen LogP contribution in [0.4, 0.5) is 4.39 Å². The molecule has 1 aromatic rings. The molecule has 83 valence electrons. The molecule has 0 nitrogen and oxygen atoms in total. The van der Waals surface area contributed by atoms with Gasteiger partial charge in [-0.05, 0) is 24.5 Å². The Morgan fingerprint density at radius 1 is 1.20 bits per heavy atom. The largest absolute Gasteiger partial charge is 0.247 e. The normalized spacial score (nSPS) is 14.9. The highest BCUT2D eigenvalue weighted by Crippen LogP contribution is 2.29. The minimum Gasteiger partial charge on any atom is -0.247 e. The van der Waals surface area contributed by atoms with Gasteiger partial charge in [-0.1, -0.05) is 51.0 Å². The molecule has 0 bridgehead atoms. The van der Waals surface area contributed by atoms with Crippen molar-refractivity contribution in [3.8, 4) is 0 Å². The van der Waals surface area contributed by atoms with Crippen molar-refractivity contribution in [3.05, 3.63) is 35.9 Å². The number of alkyl halides is 1. The van der Waals surface area contributed by atoms with E-state index in [0.29, 0.717) is 6.42 Å². The van der Waals surface area contributed by atoms with Crippen LogP contribution in [0.2, 0.25) is 0 Å². The van der Waals surface area contributed by atoms with E-state index < -0.39 is 6.17 Å². The second-order valence-electron chi connectivity index (χ2n) is 4.02. The van der Waals surface area contributed by atoms with E-state index in [2.05, 4.69) is 13.0 Å². The van der Waals surface area contributed by atoms with Gasteiger partial charge in [0.05, 0.1) is 0 Å². The Morgan fingerprint density at radius 2 is 1.93 bits per heavy atom. The summed E-state index contributed by atoms with van der Waals surface area (Å²) in [6.07, 6.45) is 2.80. The van der Waals surface area contributed by atoms with Gasteiger partial charge in [0.15, 0.2) is 0 Å². The number of hydrogen-bond acceptors (Lipinski definition) is 0. The van der Waals surface area contributed by atoms with E-state index >= 15 is 0 Å². The lowest BCUT2D eigenvalue weighted by molar-refractivity contribution is 0.252. The first-order chi connectivity index (χ1) is 7.29. The predicted octanol–water partition coefficient (Wildman–Crippen LogP) is 4.51. The molecule has 2 unspecified atom stereocenters. The van der Waals surface area contributed by atoms with Gasteiger partial charge in [-0.15, -0.1) is 0 Å². The van der Waals surface area contributed by atoms with Crippen LogP contribution in [0.5, 0.6) is 0 Å². The summed E-state index contributed by atoms with van der Waals surface area (Å²) in [6.45, 7) is 4.14. The quantitative estimate of drug-likeness (QED) is 0.644. The number of rotatable bonds is 6. The van der Waals surface area contributed by atoms with Gasteiger partial charge in [-0.25, -0.2) is 4.39 Å². The molecule has 1 heteroatoms. The molecule has 1 rings (SSSR count). The van der Waals surface area contributed by atoms with E-state index in [4.69, 9.17) is 0 Å². The van der Waals surface area contributed by atoms with Crippen molar-refractivity contribution in [2.75, 3.05) is 0 Å². The van der Waals surface area contributed by atoms with Crippen LogP contribution in [0, 0.1) is 6.07 Å². The molecule has 0 heterocycles. The summed E-state index contributed by atoms with van der Waals surface area (Å²) in [5.74, 6) is 0.0381. The van der Waals surface area contributed by atoms with Gasteiger partial charge < -0.3 is 0 Å². The molecule has 0 aromatic heterocycles. The van der Waals surface area contributed by atoms with Gasteiger partial charge in [-0.3, -0.25) is 0 Å². The number of hydrogen-bond donors (Lipinski definition) is 0. The lowest BCUT2D eigenvalue weighted by Crippen LogP contribution is -2.13. The van der Waals surface area contributed by atoms with Crippen molar-refractivity contribution >= 4 is 0 Å². The minimum absolute atomic E-state index is 0.0381. The summed E-state index contributed by atoms with van der Waals surface area (Å²) < 4.78 is 13.9. The summed E-state index contributed by atoms with van der Waals surface area (Å²) in [5.41, 5.74) is 1.03. The van der Waals surface area contributed by atoms with Crippen molar-refractivity contribution in [2.24, 2.45) is 0 Å². The van der Waals surface area contributed by atoms with E-state index in [1.54, 1.807) is 0 Å². The lowest BCUT2D eigenvalue weighted by atomic mass is 9.88. The van der Waals surface area contributed by atoms with Crippen LogP contribution in [0.15, 0.2) is 24.3 Å².